The molecule has 0 radical (unpaired) electrons. The van der Waals surface area contributed by atoms with Crippen LogP contribution in [0, 0.1) is 5.92 Å². The van der Waals surface area contributed by atoms with Crippen molar-refractivity contribution in [2.45, 2.75) is 51.5 Å². The fraction of sp³-hybridized carbons (Fsp3) is 0.846. The summed E-state index contributed by atoms with van der Waals surface area (Å²) in [5, 5.41) is 14.7. The Kier molecular flexibility index (Phi) is 6.72. The molecule has 0 aromatic carbocycles. The molecule has 1 unspecified atom stereocenters. The first-order chi connectivity index (χ1) is 8.59. The third-order valence-electron chi connectivity index (χ3n) is 3.41. The van der Waals surface area contributed by atoms with E-state index < -0.39 is 5.97 Å². The molecule has 0 aromatic heterocycles. The van der Waals surface area contributed by atoms with E-state index in [1.54, 1.807) is 0 Å². The number of hydrogen-bond acceptors (Lipinski definition) is 3. The molecule has 5 nitrogen and oxygen atoms in total. The Hall–Kier alpha value is -1.10. The van der Waals surface area contributed by atoms with Crippen molar-refractivity contribution in [1.82, 2.24) is 10.6 Å². The van der Waals surface area contributed by atoms with E-state index in [-0.39, 0.29) is 18.4 Å². The van der Waals surface area contributed by atoms with Crippen LogP contribution in [0.3, 0.4) is 0 Å². The maximum atomic E-state index is 11.8. The third kappa shape index (κ3) is 6.00. The van der Waals surface area contributed by atoms with Crippen LogP contribution in [-0.2, 0) is 9.59 Å². The minimum atomic E-state index is -0.753. The standard InChI is InChI=1S/C13H24N2O3/c1-10(5-6-12(16)17)7-9-15-13(18)11-4-2-3-8-14-11/h10-11,14H,2-9H2,1H3,(H,15,18)(H,16,17)/t10?,11-/m0/s1. The fourth-order valence-corrected chi connectivity index (χ4v) is 2.15. The van der Waals surface area contributed by atoms with Crippen LogP contribution in [0.5, 0.6) is 0 Å². The normalized spacial score (nSPS) is 21.3. The second-order valence-corrected chi connectivity index (χ2v) is 5.12. The maximum Gasteiger partial charge on any atom is 0.303 e. The van der Waals surface area contributed by atoms with E-state index in [0.717, 1.165) is 32.2 Å². The number of amides is 1. The fourth-order valence-electron chi connectivity index (χ4n) is 2.15. The summed E-state index contributed by atoms with van der Waals surface area (Å²) in [5.74, 6) is -0.335. The summed E-state index contributed by atoms with van der Waals surface area (Å²) in [6.07, 6.45) is 4.90. The topological polar surface area (TPSA) is 78.4 Å². The van der Waals surface area contributed by atoms with Gasteiger partial charge in [0.05, 0.1) is 6.04 Å². The molecule has 18 heavy (non-hydrogen) atoms. The average molecular weight is 256 g/mol. The number of carboxylic acids is 1. The van der Waals surface area contributed by atoms with Gasteiger partial charge in [0.25, 0.3) is 0 Å². The van der Waals surface area contributed by atoms with E-state index in [1.165, 1.54) is 0 Å². The minimum absolute atomic E-state index is 0.0342. The number of carbonyl (C=O) groups is 2. The molecule has 104 valence electrons. The highest BCUT2D eigenvalue weighted by atomic mass is 16.4. The zero-order chi connectivity index (χ0) is 13.4. The van der Waals surface area contributed by atoms with Crippen LogP contribution in [-0.4, -0.2) is 36.1 Å². The lowest BCUT2D eigenvalue weighted by atomic mass is 10.0. The van der Waals surface area contributed by atoms with Gasteiger partial charge in [0.15, 0.2) is 0 Å². The number of carbonyl (C=O) groups excluding carboxylic acids is 1. The maximum absolute atomic E-state index is 11.8. The molecule has 3 N–H and O–H groups in total. The highest BCUT2D eigenvalue weighted by Crippen LogP contribution is 2.10. The first-order valence-corrected chi connectivity index (χ1v) is 6.82. The van der Waals surface area contributed by atoms with Crippen molar-refractivity contribution >= 4 is 11.9 Å². The predicted molar refractivity (Wildman–Crippen MR) is 69.3 cm³/mol. The number of rotatable bonds is 7. The molecule has 2 atom stereocenters. The molecule has 0 bridgehead atoms. The van der Waals surface area contributed by atoms with Crippen molar-refractivity contribution < 1.29 is 14.7 Å². The summed E-state index contributed by atoms with van der Waals surface area (Å²) < 4.78 is 0. The number of piperidine rings is 1. The van der Waals surface area contributed by atoms with Gasteiger partial charge in [0, 0.05) is 13.0 Å². The molecule has 1 rings (SSSR count). The minimum Gasteiger partial charge on any atom is -0.481 e. The summed E-state index contributed by atoms with van der Waals surface area (Å²) in [6, 6.07) is -0.0342. The Balaban J connectivity index is 2.08. The second kappa shape index (κ2) is 8.08. The molecule has 1 fully saturated rings. The lowest BCUT2D eigenvalue weighted by Gasteiger charge is -2.22. The van der Waals surface area contributed by atoms with Gasteiger partial charge in [0.2, 0.25) is 5.91 Å². The zero-order valence-corrected chi connectivity index (χ0v) is 11.1. The number of aliphatic carboxylic acids is 1. The van der Waals surface area contributed by atoms with Crippen LogP contribution >= 0.6 is 0 Å². The monoisotopic (exact) mass is 256 g/mol. The predicted octanol–water partition coefficient (Wildman–Crippen LogP) is 1.14. The van der Waals surface area contributed by atoms with E-state index in [1.807, 2.05) is 6.92 Å². The Morgan fingerprint density at radius 2 is 2.17 bits per heavy atom. The van der Waals surface area contributed by atoms with Crippen molar-refractivity contribution in [2.24, 2.45) is 5.92 Å². The van der Waals surface area contributed by atoms with E-state index in [4.69, 9.17) is 5.11 Å². The van der Waals surface area contributed by atoms with Gasteiger partial charge in [0.1, 0.15) is 0 Å². The number of hydrogen-bond donors (Lipinski definition) is 3. The molecule has 0 aliphatic carbocycles. The van der Waals surface area contributed by atoms with E-state index in [0.29, 0.717) is 18.9 Å². The molecule has 0 aromatic rings. The summed E-state index contributed by atoms with van der Waals surface area (Å²) in [6.45, 7) is 3.58. The van der Waals surface area contributed by atoms with Crippen LogP contribution in [0.25, 0.3) is 0 Å². The van der Waals surface area contributed by atoms with Crippen LogP contribution in [0.2, 0.25) is 0 Å². The van der Waals surface area contributed by atoms with E-state index >= 15 is 0 Å². The summed E-state index contributed by atoms with van der Waals surface area (Å²) >= 11 is 0. The average Bonchev–Trinajstić information content (AvgIpc) is 2.37. The van der Waals surface area contributed by atoms with Gasteiger partial charge in [-0.15, -0.1) is 0 Å². The molecule has 1 amide bonds. The summed E-state index contributed by atoms with van der Waals surface area (Å²) in [5.41, 5.74) is 0. The van der Waals surface area contributed by atoms with Gasteiger partial charge >= 0.3 is 5.97 Å². The van der Waals surface area contributed by atoms with Crippen LogP contribution in [0.15, 0.2) is 0 Å². The molecule has 5 heteroatoms. The van der Waals surface area contributed by atoms with Gasteiger partial charge in [-0.05, 0) is 38.1 Å². The van der Waals surface area contributed by atoms with Gasteiger partial charge in [-0.1, -0.05) is 13.3 Å². The molecule has 0 spiro atoms. The number of nitrogens with one attached hydrogen (secondary N) is 2. The molecular formula is C13H24N2O3. The Labute approximate surface area is 108 Å². The lowest BCUT2D eigenvalue weighted by molar-refractivity contribution is -0.137. The molecule has 1 aliphatic rings. The Bertz CT molecular complexity index is 275. The smallest absolute Gasteiger partial charge is 0.303 e. The molecule has 0 saturated carbocycles. The second-order valence-electron chi connectivity index (χ2n) is 5.12. The summed E-state index contributed by atoms with van der Waals surface area (Å²) in [4.78, 5) is 22.2. The highest BCUT2D eigenvalue weighted by Gasteiger charge is 2.19. The largest absolute Gasteiger partial charge is 0.481 e. The van der Waals surface area contributed by atoms with Crippen molar-refractivity contribution in [2.75, 3.05) is 13.1 Å². The van der Waals surface area contributed by atoms with Crippen molar-refractivity contribution in [1.29, 1.82) is 0 Å². The molecule has 1 heterocycles. The molecule has 1 saturated heterocycles. The van der Waals surface area contributed by atoms with Crippen molar-refractivity contribution in [3.8, 4) is 0 Å². The first kappa shape index (κ1) is 15.0. The van der Waals surface area contributed by atoms with Crippen LogP contribution in [0.4, 0.5) is 0 Å². The van der Waals surface area contributed by atoms with Crippen LogP contribution < -0.4 is 10.6 Å². The lowest BCUT2D eigenvalue weighted by Crippen LogP contribution is -2.46. The van der Waals surface area contributed by atoms with E-state index in [9.17, 15) is 9.59 Å². The Morgan fingerprint density at radius 3 is 2.78 bits per heavy atom. The SMILES string of the molecule is CC(CCNC(=O)[C@@H]1CCCCN1)CCC(=O)O. The molecular weight excluding hydrogens is 232 g/mol. The van der Waals surface area contributed by atoms with E-state index in [2.05, 4.69) is 10.6 Å². The third-order valence-corrected chi connectivity index (χ3v) is 3.41. The first-order valence-electron chi connectivity index (χ1n) is 6.82. The van der Waals surface area contributed by atoms with Gasteiger partial charge in [-0.3, -0.25) is 9.59 Å². The zero-order valence-electron chi connectivity index (χ0n) is 11.1. The molecule has 1 aliphatic heterocycles. The van der Waals surface area contributed by atoms with Gasteiger partial charge in [-0.25, -0.2) is 0 Å². The number of carboxylic acid groups (broad SMARTS) is 1. The van der Waals surface area contributed by atoms with Crippen LogP contribution in [0.1, 0.15) is 45.4 Å². The quantitative estimate of drug-likeness (QED) is 0.638. The summed E-state index contributed by atoms with van der Waals surface area (Å²) in [7, 11) is 0. The van der Waals surface area contributed by atoms with Gasteiger partial charge < -0.3 is 15.7 Å². The highest BCUT2D eigenvalue weighted by molar-refractivity contribution is 5.81. The van der Waals surface area contributed by atoms with Gasteiger partial charge in [-0.2, -0.15) is 0 Å². The Morgan fingerprint density at radius 1 is 1.39 bits per heavy atom. The van der Waals surface area contributed by atoms with Crippen molar-refractivity contribution in [3.63, 3.8) is 0 Å². The van der Waals surface area contributed by atoms with Crippen molar-refractivity contribution in [3.05, 3.63) is 0 Å².